The van der Waals surface area contributed by atoms with Gasteiger partial charge in [-0.05, 0) is 18.2 Å². The van der Waals surface area contributed by atoms with Crippen molar-refractivity contribution in [3.05, 3.63) is 33.8 Å². The van der Waals surface area contributed by atoms with Crippen LogP contribution < -0.4 is 0 Å². The second kappa shape index (κ2) is 3.31. The molecule has 0 spiro atoms. The fourth-order valence-electron chi connectivity index (χ4n) is 0.978. The smallest absolute Gasteiger partial charge is 0.250 e. The van der Waals surface area contributed by atoms with E-state index in [1.54, 1.807) is 23.7 Å². The van der Waals surface area contributed by atoms with E-state index in [-0.39, 0.29) is 0 Å². The number of rotatable bonds is 2. The predicted molar refractivity (Wildman–Crippen MR) is 52.5 cm³/mol. The van der Waals surface area contributed by atoms with Crippen LogP contribution in [0.15, 0.2) is 28.6 Å². The number of aromatic nitrogens is 1. The van der Waals surface area contributed by atoms with Crippen molar-refractivity contribution in [3.63, 3.8) is 0 Å². The summed E-state index contributed by atoms with van der Waals surface area (Å²) in [6.07, 6.45) is 0. The van der Waals surface area contributed by atoms with E-state index >= 15 is 0 Å². The van der Waals surface area contributed by atoms with Gasteiger partial charge in [0.25, 0.3) is 11.9 Å². The highest BCUT2D eigenvalue weighted by atomic mass is 32.2. The molecule has 1 aromatic heterocycles. The first-order valence-electron chi connectivity index (χ1n) is 3.41. The first-order chi connectivity index (χ1) is 6.25. The summed E-state index contributed by atoms with van der Waals surface area (Å²) in [5.41, 5.74) is 2.61. The SMILES string of the molecule is O=[N+]([O-])Sc1ccc2ncsc2c1. The number of nitrogens with zero attached hydrogens (tertiary/aromatic N) is 2. The zero-order chi connectivity index (χ0) is 9.26. The van der Waals surface area contributed by atoms with Gasteiger partial charge >= 0.3 is 0 Å². The van der Waals surface area contributed by atoms with Crippen LogP contribution in [0.1, 0.15) is 0 Å². The van der Waals surface area contributed by atoms with Crippen LogP contribution in [-0.4, -0.2) is 9.31 Å². The van der Waals surface area contributed by atoms with Crippen molar-refractivity contribution in [1.29, 1.82) is 0 Å². The molecule has 1 heterocycles. The number of hydrogen-bond donors (Lipinski definition) is 0. The first kappa shape index (κ1) is 8.46. The van der Waals surface area contributed by atoms with Crippen LogP contribution in [0.4, 0.5) is 0 Å². The van der Waals surface area contributed by atoms with Gasteiger partial charge in [-0.15, -0.1) is 11.3 Å². The van der Waals surface area contributed by atoms with Crippen molar-refractivity contribution in [3.8, 4) is 0 Å². The fourth-order valence-corrected chi connectivity index (χ4v) is 2.24. The van der Waals surface area contributed by atoms with Gasteiger partial charge < -0.3 is 0 Å². The number of thiazole rings is 1. The molecule has 0 fully saturated rings. The molecule has 0 bridgehead atoms. The minimum Gasteiger partial charge on any atom is -0.250 e. The molecular weight excluding hydrogens is 208 g/mol. The van der Waals surface area contributed by atoms with Crippen molar-refractivity contribution in [2.45, 2.75) is 4.90 Å². The van der Waals surface area contributed by atoms with Gasteiger partial charge in [-0.1, -0.05) is 0 Å². The second-order valence-electron chi connectivity index (χ2n) is 2.30. The van der Waals surface area contributed by atoms with Gasteiger partial charge in [-0.25, -0.2) is 4.98 Å². The molecule has 0 saturated carbocycles. The number of hydrogen-bond acceptors (Lipinski definition) is 5. The lowest BCUT2D eigenvalue weighted by Gasteiger charge is -1.90. The van der Waals surface area contributed by atoms with Crippen LogP contribution in [-0.2, 0) is 0 Å². The van der Waals surface area contributed by atoms with E-state index in [1.165, 1.54) is 11.3 Å². The standard InChI is InChI=1S/C7H4N2O2S2/c10-9(11)13-5-1-2-6-7(3-5)12-4-8-6/h1-4H. The van der Waals surface area contributed by atoms with E-state index in [1.807, 2.05) is 0 Å². The molecule has 0 unspecified atom stereocenters. The summed E-state index contributed by atoms with van der Waals surface area (Å²) in [7, 11) is 0. The van der Waals surface area contributed by atoms with Crippen molar-refractivity contribution < 1.29 is 4.33 Å². The van der Waals surface area contributed by atoms with Gasteiger partial charge in [0, 0.05) is 0 Å². The molecule has 13 heavy (non-hydrogen) atoms. The van der Waals surface area contributed by atoms with Gasteiger partial charge in [0.2, 0.25) is 0 Å². The van der Waals surface area contributed by atoms with E-state index in [0.717, 1.165) is 10.2 Å². The number of fused-ring (bicyclic) bond motifs is 1. The largest absolute Gasteiger partial charge is 0.265 e. The Morgan fingerprint density at radius 3 is 3.15 bits per heavy atom. The highest BCUT2D eigenvalue weighted by molar-refractivity contribution is 7.93. The van der Waals surface area contributed by atoms with Crippen LogP contribution in [0, 0.1) is 10.1 Å². The molecule has 0 radical (unpaired) electrons. The monoisotopic (exact) mass is 212 g/mol. The average molecular weight is 212 g/mol. The Balaban J connectivity index is 2.42. The quantitative estimate of drug-likeness (QED) is 0.436. The van der Waals surface area contributed by atoms with E-state index in [0.29, 0.717) is 16.8 Å². The van der Waals surface area contributed by atoms with Crippen molar-refractivity contribution >= 4 is 33.5 Å². The summed E-state index contributed by atoms with van der Waals surface area (Å²) < 4.78 is 0.564. The van der Waals surface area contributed by atoms with Crippen LogP contribution in [0.25, 0.3) is 10.2 Å². The zero-order valence-corrected chi connectivity index (χ0v) is 7.97. The molecule has 2 aromatic rings. The van der Waals surface area contributed by atoms with Crippen LogP contribution >= 0.6 is 23.3 Å². The van der Waals surface area contributed by atoms with E-state index in [2.05, 4.69) is 4.98 Å². The minimum atomic E-state index is -0.414. The maximum absolute atomic E-state index is 10.2. The molecule has 0 aliphatic rings. The fraction of sp³-hybridized carbons (Fsp3) is 0. The maximum atomic E-state index is 10.2. The molecule has 0 N–H and O–H groups in total. The average Bonchev–Trinajstić information content (AvgIpc) is 2.49. The maximum Gasteiger partial charge on any atom is 0.265 e. The Morgan fingerprint density at radius 1 is 1.54 bits per heavy atom. The van der Waals surface area contributed by atoms with Crippen molar-refractivity contribution in [1.82, 2.24) is 4.98 Å². The Kier molecular flexibility index (Phi) is 2.15. The zero-order valence-electron chi connectivity index (χ0n) is 6.34. The van der Waals surface area contributed by atoms with E-state index in [4.69, 9.17) is 0 Å². The third-order valence-corrected chi connectivity index (χ3v) is 2.89. The van der Waals surface area contributed by atoms with E-state index in [9.17, 15) is 10.1 Å². The molecule has 1 aromatic carbocycles. The molecule has 4 nitrogen and oxygen atoms in total. The number of benzene rings is 1. The molecular formula is C7H4N2O2S2. The number of nitro groups is 1. The van der Waals surface area contributed by atoms with Gasteiger partial charge in [0.05, 0.1) is 20.6 Å². The summed E-state index contributed by atoms with van der Waals surface area (Å²) in [6, 6.07) is 5.27. The molecule has 0 atom stereocenters. The summed E-state index contributed by atoms with van der Waals surface area (Å²) >= 11 is 2.10. The molecule has 0 amide bonds. The minimum absolute atomic E-state index is 0.414. The lowest BCUT2D eigenvalue weighted by atomic mass is 10.3. The van der Waals surface area contributed by atoms with Crippen molar-refractivity contribution in [2.24, 2.45) is 0 Å². The molecule has 0 saturated heterocycles. The van der Waals surface area contributed by atoms with Crippen LogP contribution in [0.2, 0.25) is 0 Å². The highest BCUT2D eigenvalue weighted by Crippen LogP contribution is 2.25. The topological polar surface area (TPSA) is 56.0 Å². The van der Waals surface area contributed by atoms with Crippen molar-refractivity contribution in [2.75, 3.05) is 0 Å². The molecule has 66 valence electrons. The van der Waals surface area contributed by atoms with Crippen LogP contribution in [0.5, 0.6) is 0 Å². The molecule has 2 rings (SSSR count). The molecule has 0 aliphatic heterocycles. The summed E-state index contributed by atoms with van der Waals surface area (Å²) in [5.74, 6) is 0. The normalized spacial score (nSPS) is 10.5. The Hall–Kier alpha value is -1.14. The second-order valence-corrected chi connectivity index (χ2v) is 4.14. The van der Waals surface area contributed by atoms with Gasteiger partial charge in [-0.2, -0.15) is 0 Å². The Morgan fingerprint density at radius 2 is 2.38 bits per heavy atom. The van der Waals surface area contributed by atoms with Gasteiger partial charge in [0.1, 0.15) is 4.33 Å². The third kappa shape index (κ3) is 1.78. The Bertz CT molecular complexity index is 454. The lowest BCUT2D eigenvalue weighted by molar-refractivity contribution is -0.284. The van der Waals surface area contributed by atoms with Gasteiger partial charge in [-0.3, -0.25) is 10.1 Å². The van der Waals surface area contributed by atoms with E-state index < -0.39 is 4.33 Å². The Labute approximate surface area is 81.9 Å². The first-order valence-corrected chi connectivity index (χ1v) is 5.06. The summed E-state index contributed by atoms with van der Waals surface area (Å²) in [5, 5.41) is 10.2. The lowest BCUT2D eigenvalue weighted by Crippen LogP contribution is -1.82. The summed E-state index contributed by atoms with van der Waals surface area (Å²) in [6.45, 7) is 0. The van der Waals surface area contributed by atoms with Gasteiger partial charge in [0.15, 0.2) is 0 Å². The predicted octanol–water partition coefficient (Wildman–Crippen LogP) is 2.58. The molecule has 0 aliphatic carbocycles. The third-order valence-electron chi connectivity index (χ3n) is 1.48. The summed E-state index contributed by atoms with van der Waals surface area (Å²) in [4.78, 5) is 14.9. The van der Waals surface area contributed by atoms with Crippen LogP contribution in [0.3, 0.4) is 0 Å². The molecule has 6 heteroatoms. The highest BCUT2D eigenvalue weighted by Gasteiger charge is 2.06.